The van der Waals surface area contributed by atoms with Gasteiger partial charge in [-0.3, -0.25) is 0 Å². The van der Waals surface area contributed by atoms with Gasteiger partial charge < -0.3 is 10.6 Å². The maximum atomic E-state index is 13.1. The summed E-state index contributed by atoms with van der Waals surface area (Å²) in [7, 11) is 1.91. The Labute approximate surface area is 79.1 Å². The lowest BCUT2D eigenvalue weighted by molar-refractivity contribution is 0.183. The second-order valence-electron chi connectivity index (χ2n) is 2.84. The van der Waals surface area contributed by atoms with Crippen LogP contribution in [0.5, 0.6) is 0 Å². The number of nitrogens with two attached hydrogens (primary N) is 1. The average molecular weight is 205 g/mol. The van der Waals surface area contributed by atoms with Gasteiger partial charge in [0.2, 0.25) is 0 Å². The van der Waals surface area contributed by atoms with Crippen molar-refractivity contribution in [1.29, 1.82) is 0 Å². The summed E-state index contributed by atoms with van der Waals surface area (Å²) < 4.78 is 13.1. The predicted molar refractivity (Wildman–Crippen MR) is 49.5 cm³/mol. The Morgan fingerprint density at radius 2 is 2.09 bits per heavy atom. The molecule has 0 aromatic heterocycles. The first-order chi connectivity index (χ1) is 4.16. The van der Waals surface area contributed by atoms with E-state index in [1.165, 1.54) is 0 Å². The SMILES string of the molecule is CN1CCC(F)(CN)C1.Cl.Cl. The van der Waals surface area contributed by atoms with E-state index < -0.39 is 5.67 Å². The van der Waals surface area contributed by atoms with E-state index in [0.29, 0.717) is 13.0 Å². The highest BCUT2D eigenvalue weighted by Gasteiger charge is 2.34. The molecule has 1 fully saturated rings. The minimum absolute atomic E-state index is 0. The molecule has 1 rings (SSSR count). The van der Waals surface area contributed by atoms with Gasteiger partial charge in [-0.2, -0.15) is 0 Å². The van der Waals surface area contributed by atoms with Crippen molar-refractivity contribution in [2.75, 3.05) is 26.7 Å². The largest absolute Gasteiger partial charge is 0.327 e. The van der Waals surface area contributed by atoms with Crippen LogP contribution in [0.25, 0.3) is 0 Å². The Bertz CT molecular complexity index is 115. The zero-order valence-corrected chi connectivity index (χ0v) is 8.18. The third-order valence-corrected chi connectivity index (χ3v) is 1.86. The molecule has 70 valence electrons. The Morgan fingerprint density at radius 1 is 1.55 bits per heavy atom. The highest BCUT2D eigenvalue weighted by molar-refractivity contribution is 5.85. The van der Waals surface area contributed by atoms with E-state index in [1.807, 2.05) is 11.9 Å². The topological polar surface area (TPSA) is 29.3 Å². The molecule has 0 aromatic rings. The van der Waals surface area contributed by atoms with Crippen molar-refractivity contribution in [2.45, 2.75) is 12.1 Å². The molecule has 0 spiro atoms. The van der Waals surface area contributed by atoms with Crippen LogP contribution in [0.3, 0.4) is 0 Å². The second kappa shape index (κ2) is 5.14. The monoisotopic (exact) mass is 204 g/mol. The van der Waals surface area contributed by atoms with Crippen molar-refractivity contribution >= 4 is 24.8 Å². The van der Waals surface area contributed by atoms with Crippen molar-refractivity contribution in [1.82, 2.24) is 4.90 Å². The van der Waals surface area contributed by atoms with E-state index in [-0.39, 0.29) is 31.4 Å². The number of alkyl halides is 1. The fourth-order valence-electron chi connectivity index (χ4n) is 1.20. The third-order valence-electron chi connectivity index (χ3n) is 1.86. The van der Waals surface area contributed by atoms with Gasteiger partial charge in [0.05, 0.1) is 0 Å². The molecule has 0 saturated carbocycles. The zero-order valence-electron chi connectivity index (χ0n) is 6.55. The fourth-order valence-corrected chi connectivity index (χ4v) is 1.20. The Hall–Kier alpha value is 0.430. The van der Waals surface area contributed by atoms with Gasteiger partial charge in [0, 0.05) is 19.6 Å². The molecule has 0 aliphatic carbocycles. The van der Waals surface area contributed by atoms with Gasteiger partial charge >= 0.3 is 0 Å². The van der Waals surface area contributed by atoms with E-state index in [0.717, 1.165) is 6.54 Å². The summed E-state index contributed by atoms with van der Waals surface area (Å²) >= 11 is 0. The van der Waals surface area contributed by atoms with Crippen LogP contribution < -0.4 is 5.73 Å². The Balaban J connectivity index is 0. The molecule has 0 radical (unpaired) electrons. The molecule has 2 nitrogen and oxygen atoms in total. The van der Waals surface area contributed by atoms with Crippen LogP contribution in [-0.4, -0.2) is 37.3 Å². The van der Waals surface area contributed by atoms with E-state index in [1.54, 1.807) is 0 Å². The second-order valence-corrected chi connectivity index (χ2v) is 2.84. The van der Waals surface area contributed by atoms with Crippen molar-refractivity contribution in [3.63, 3.8) is 0 Å². The number of rotatable bonds is 1. The van der Waals surface area contributed by atoms with Gasteiger partial charge in [-0.15, -0.1) is 24.8 Å². The lowest BCUT2D eigenvalue weighted by Gasteiger charge is -2.15. The maximum Gasteiger partial charge on any atom is 0.136 e. The van der Waals surface area contributed by atoms with E-state index >= 15 is 0 Å². The van der Waals surface area contributed by atoms with Crippen LogP contribution >= 0.6 is 24.8 Å². The van der Waals surface area contributed by atoms with Gasteiger partial charge in [0.15, 0.2) is 0 Å². The van der Waals surface area contributed by atoms with Gasteiger partial charge in [-0.25, -0.2) is 4.39 Å². The molecule has 0 bridgehead atoms. The molecule has 11 heavy (non-hydrogen) atoms. The normalized spacial score (nSPS) is 30.8. The van der Waals surface area contributed by atoms with Gasteiger partial charge in [0.1, 0.15) is 5.67 Å². The van der Waals surface area contributed by atoms with Crippen molar-refractivity contribution < 1.29 is 4.39 Å². The van der Waals surface area contributed by atoms with Gasteiger partial charge in [-0.05, 0) is 13.5 Å². The maximum absolute atomic E-state index is 13.1. The summed E-state index contributed by atoms with van der Waals surface area (Å²) in [5, 5.41) is 0. The molecule has 1 atom stereocenters. The number of hydrogen-bond acceptors (Lipinski definition) is 2. The average Bonchev–Trinajstić information content (AvgIpc) is 2.13. The molecule has 1 heterocycles. The van der Waals surface area contributed by atoms with Crippen LogP contribution in [0.4, 0.5) is 4.39 Å². The van der Waals surface area contributed by atoms with Gasteiger partial charge in [0.25, 0.3) is 0 Å². The highest BCUT2D eigenvalue weighted by Crippen LogP contribution is 2.22. The Morgan fingerprint density at radius 3 is 2.27 bits per heavy atom. The minimum Gasteiger partial charge on any atom is -0.327 e. The summed E-state index contributed by atoms with van der Waals surface area (Å²) in [6.45, 7) is 1.51. The van der Waals surface area contributed by atoms with Crippen molar-refractivity contribution in [3.05, 3.63) is 0 Å². The van der Waals surface area contributed by atoms with Crippen LogP contribution in [0, 0.1) is 0 Å². The molecule has 0 amide bonds. The van der Waals surface area contributed by atoms with E-state index in [9.17, 15) is 4.39 Å². The van der Waals surface area contributed by atoms with Crippen LogP contribution in [-0.2, 0) is 0 Å². The number of halogens is 3. The molecule has 1 saturated heterocycles. The number of likely N-dealkylation sites (tertiary alicyclic amines) is 1. The summed E-state index contributed by atoms with van der Waals surface area (Å²) in [5.41, 5.74) is 4.14. The lowest BCUT2D eigenvalue weighted by Crippen LogP contribution is -2.35. The highest BCUT2D eigenvalue weighted by atomic mass is 35.5. The first-order valence-electron chi connectivity index (χ1n) is 3.24. The quantitative estimate of drug-likeness (QED) is 0.687. The third kappa shape index (κ3) is 3.56. The first-order valence-corrected chi connectivity index (χ1v) is 3.24. The molecule has 1 unspecified atom stereocenters. The fraction of sp³-hybridized carbons (Fsp3) is 1.00. The summed E-state index contributed by atoms with van der Waals surface area (Å²) in [5.74, 6) is 0. The van der Waals surface area contributed by atoms with E-state index in [4.69, 9.17) is 5.73 Å². The molecule has 1 aliphatic rings. The van der Waals surface area contributed by atoms with Crippen LogP contribution in [0.1, 0.15) is 6.42 Å². The zero-order chi connectivity index (χ0) is 6.91. The lowest BCUT2D eigenvalue weighted by atomic mass is 10.1. The Kier molecular flexibility index (Phi) is 6.54. The predicted octanol–water partition coefficient (Wildman–Crippen LogP) is 0.832. The summed E-state index contributed by atoms with van der Waals surface area (Å²) in [4.78, 5) is 1.97. The molecule has 0 aromatic carbocycles. The molecular weight excluding hydrogens is 190 g/mol. The van der Waals surface area contributed by atoms with Gasteiger partial charge in [-0.1, -0.05) is 0 Å². The van der Waals surface area contributed by atoms with Crippen molar-refractivity contribution in [3.8, 4) is 0 Å². The minimum atomic E-state index is -1.09. The van der Waals surface area contributed by atoms with Crippen molar-refractivity contribution in [2.24, 2.45) is 5.73 Å². The summed E-state index contributed by atoms with van der Waals surface area (Å²) in [6.07, 6.45) is 0.597. The number of hydrogen-bond donors (Lipinski definition) is 1. The van der Waals surface area contributed by atoms with Crippen LogP contribution in [0.2, 0.25) is 0 Å². The molecular formula is C6H15Cl2FN2. The van der Waals surface area contributed by atoms with E-state index in [2.05, 4.69) is 0 Å². The first kappa shape index (κ1) is 14.0. The smallest absolute Gasteiger partial charge is 0.136 e. The molecule has 5 heteroatoms. The molecule has 1 aliphatic heterocycles. The molecule has 2 N–H and O–H groups in total. The number of nitrogens with zero attached hydrogens (tertiary/aromatic N) is 1. The van der Waals surface area contributed by atoms with Crippen LogP contribution in [0.15, 0.2) is 0 Å². The summed E-state index contributed by atoms with van der Waals surface area (Å²) in [6, 6.07) is 0. The standard InChI is InChI=1S/C6H13FN2.2ClH/c1-9-3-2-6(7,4-8)5-9;;/h2-5,8H2,1H3;2*1H.